The molecule has 2 atom stereocenters. The summed E-state index contributed by atoms with van der Waals surface area (Å²) in [5.74, 6) is 2.28. The number of ether oxygens (including phenoxy) is 1. The third-order valence-electron chi connectivity index (χ3n) is 7.97. The standard InChI is InChI=1S/C29H33N5O3/c35-28(34-16-6-7-17-34)27-30-15-14-26(33-27)37-25-13-12-23(20-10-4-5-11-21(20)25)31-29(36)32-24-18-22(24)19-8-2-1-3-9-19/h4-5,10-15,19,22,24H,1-3,6-9,16-18H2,(H2,31,32,36). The molecule has 0 spiro atoms. The molecule has 2 heterocycles. The Hall–Kier alpha value is -3.68. The molecule has 8 nitrogen and oxygen atoms in total. The van der Waals surface area contributed by atoms with Crippen molar-refractivity contribution < 1.29 is 14.3 Å². The maximum absolute atomic E-state index is 12.8. The number of nitrogens with zero attached hydrogens (tertiary/aromatic N) is 3. The van der Waals surface area contributed by atoms with Gasteiger partial charge in [0.25, 0.3) is 5.91 Å². The molecule has 3 amide bonds. The number of fused-ring (bicyclic) bond motifs is 1. The molecule has 2 saturated carbocycles. The number of rotatable bonds is 6. The molecule has 1 aliphatic heterocycles. The molecule has 2 N–H and O–H groups in total. The number of anilines is 1. The fraction of sp³-hybridized carbons (Fsp3) is 0.448. The molecule has 8 heteroatoms. The molecule has 6 rings (SSSR count). The molecule has 3 aliphatic rings. The Morgan fingerprint density at radius 1 is 0.919 bits per heavy atom. The largest absolute Gasteiger partial charge is 0.438 e. The molecule has 37 heavy (non-hydrogen) atoms. The van der Waals surface area contributed by atoms with Gasteiger partial charge in [-0.05, 0) is 43.2 Å². The Kier molecular flexibility index (Phi) is 6.64. The van der Waals surface area contributed by atoms with E-state index in [1.165, 1.54) is 32.1 Å². The lowest BCUT2D eigenvalue weighted by Gasteiger charge is -2.21. The number of aromatic nitrogens is 2. The lowest BCUT2D eigenvalue weighted by molar-refractivity contribution is 0.0779. The van der Waals surface area contributed by atoms with E-state index in [4.69, 9.17) is 4.74 Å². The second-order valence-electron chi connectivity index (χ2n) is 10.5. The normalized spacial score (nSPS) is 21.6. The summed E-state index contributed by atoms with van der Waals surface area (Å²) in [4.78, 5) is 35.8. The van der Waals surface area contributed by atoms with Crippen molar-refractivity contribution in [2.45, 2.75) is 57.4 Å². The van der Waals surface area contributed by atoms with Crippen LogP contribution in [0.15, 0.2) is 48.7 Å². The number of likely N-dealkylation sites (tertiary alicyclic amines) is 1. The van der Waals surface area contributed by atoms with Crippen LogP contribution in [0, 0.1) is 11.8 Å². The van der Waals surface area contributed by atoms with Crippen molar-refractivity contribution in [3.63, 3.8) is 0 Å². The number of hydrogen-bond acceptors (Lipinski definition) is 5. The number of hydrogen-bond donors (Lipinski definition) is 2. The van der Waals surface area contributed by atoms with Crippen LogP contribution in [-0.2, 0) is 0 Å². The first-order valence-corrected chi connectivity index (χ1v) is 13.5. The summed E-state index contributed by atoms with van der Waals surface area (Å²) < 4.78 is 6.11. The summed E-state index contributed by atoms with van der Waals surface area (Å²) in [7, 11) is 0. The van der Waals surface area contributed by atoms with Crippen LogP contribution in [0.1, 0.15) is 62.0 Å². The number of urea groups is 1. The molecule has 1 aromatic heterocycles. The van der Waals surface area contributed by atoms with Gasteiger partial charge >= 0.3 is 6.03 Å². The van der Waals surface area contributed by atoms with Gasteiger partial charge in [-0.1, -0.05) is 56.4 Å². The van der Waals surface area contributed by atoms with Crippen LogP contribution in [0.2, 0.25) is 0 Å². The number of nitrogens with one attached hydrogen (secondary N) is 2. The van der Waals surface area contributed by atoms with Gasteiger partial charge in [0.15, 0.2) is 0 Å². The van der Waals surface area contributed by atoms with E-state index in [0.29, 0.717) is 17.5 Å². The van der Waals surface area contributed by atoms with Crippen LogP contribution in [0.4, 0.5) is 10.5 Å². The van der Waals surface area contributed by atoms with Crippen LogP contribution >= 0.6 is 0 Å². The SMILES string of the molecule is O=C(Nc1ccc(Oc2ccnc(C(=O)N3CCCC3)n2)c2ccccc12)NC1CC1C1CCCCC1. The van der Waals surface area contributed by atoms with Gasteiger partial charge < -0.3 is 20.3 Å². The first-order chi connectivity index (χ1) is 18.2. The molecule has 0 radical (unpaired) electrons. The third kappa shape index (κ3) is 5.24. The van der Waals surface area contributed by atoms with E-state index in [0.717, 1.165) is 54.7 Å². The van der Waals surface area contributed by atoms with Crippen LogP contribution in [0.25, 0.3) is 10.8 Å². The first kappa shape index (κ1) is 23.7. The van der Waals surface area contributed by atoms with Crippen LogP contribution < -0.4 is 15.4 Å². The number of carbonyl (C=O) groups is 2. The van der Waals surface area contributed by atoms with Crippen molar-refractivity contribution in [1.29, 1.82) is 0 Å². The number of amides is 3. The fourth-order valence-corrected chi connectivity index (χ4v) is 5.94. The van der Waals surface area contributed by atoms with E-state index >= 15 is 0 Å². The first-order valence-electron chi connectivity index (χ1n) is 13.5. The maximum atomic E-state index is 12.8. The third-order valence-corrected chi connectivity index (χ3v) is 7.97. The average Bonchev–Trinajstić information content (AvgIpc) is 3.47. The zero-order chi connectivity index (χ0) is 25.2. The highest BCUT2D eigenvalue weighted by Crippen LogP contribution is 2.44. The van der Waals surface area contributed by atoms with Crippen molar-refractivity contribution in [2.24, 2.45) is 11.8 Å². The Morgan fingerprint density at radius 3 is 2.51 bits per heavy atom. The minimum atomic E-state index is -0.167. The fourth-order valence-electron chi connectivity index (χ4n) is 5.94. The van der Waals surface area contributed by atoms with Crippen LogP contribution in [0.5, 0.6) is 11.6 Å². The average molecular weight is 500 g/mol. The van der Waals surface area contributed by atoms with Crippen molar-refractivity contribution in [2.75, 3.05) is 18.4 Å². The molecule has 3 fully saturated rings. The summed E-state index contributed by atoms with van der Waals surface area (Å²) in [5, 5.41) is 7.94. The van der Waals surface area contributed by atoms with E-state index in [9.17, 15) is 9.59 Å². The maximum Gasteiger partial charge on any atom is 0.319 e. The van der Waals surface area contributed by atoms with Crippen molar-refractivity contribution >= 4 is 28.4 Å². The van der Waals surface area contributed by atoms with Crippen LogP contribution in [-0.4, -0.2) is 45.9 Å². The second-order valence-corrected chi connectivity index (χ2v) is 10.5. The van der Waals surface area contributed by atoms with Gasteiger partial charge in [0.2, 0.25) is 11.7 Å². The quantitative estimate of drug-likeness (QED) is 0.450. The highest BCUT2D eigenvalue weighted by atomic mass is 16.5. The van der Waals surface area contributed by atoms with Gasteiger partial charge in [0.1, 0.15) is 5.75 Å². The number of benzene rings is 2. The van der Waals surface area contributed by atoms with E-state index in [1.807, 2.05) is 36.4 Å². The van der Waals surface area contributed by atoms with Gasteiger partial charge in [-0.25, -0.2) is 9.78 Å². The van der Waals surface area contributed by atoms with Crippen molar-refractivity contribution in [3.05, 3.63) is 54.5 Å². The summed E-state index contributed by atoms with van der Waals surface area (Å²) in [6.45, 7) is 1.48. The molecule has 2 unspecified atom stereocenters. The predicted octanol–water partition coefficient (Wildman–Crippen LogP) is 5.75. The molecule has 2 aromatic carbocycles. The zero-order valence-corrected chi connectivity index (χ0v) is 21.0. The minimum absolute atomic E-state index is 0.144. The van der Waals surface area contributed by atoms with Gasteiger partial charge in [-0.2, -0.15) is 4.98 Å². The highest BCUT2D eigenvalue weighted by molar-refractivity contribution is 6.04. The van der Waals surface area contributed by atoms with Crippen LogP contribution in [0.3, 0.4) is 0 Å². The molecule has 0 bridgehead atoms. The van der Waals surface area contributed by atoms with Gasteiger partial charge in [-0.15, -0.1) is 0 Å². The minimum Gasteiger partial charge on any atom is -0.438 e. The zero-order valence-electron chi connectivity index (χ0n) is 21.0. The van der Waals surface area contributed by atoms with E-state index in [-0.39, 0.29) is 23.8 Å². The molecule has 2 aliphatic carbocycles. The summed E-state index contributed by atoms with van der Waals surface area (Å²) in [6.07, 6.45) is 11.3. The van der Waals surface area contributed by atoms with Crippen molar-refractivity contribution in [1.82, 2.24) is 20.2 Å². The van der Waals surface area contributed by atoms with E-state index in [1.54, 1.807) is 17.2 Å². The topological polar surface area (TPSA) is 96.4 Å². The molecule has 192 valence electrons. The van der Waals surface area contributed by atoms with E-state index < -0.39 is 0 Å². The van der Waals surface area contributed by atoms with Gasteiger partial charge in [0.05, 0.1) is 5.69 Å². The lowest BCUT2D eigenvalue weighted by Crippen LogP contribution is -2.32. The molecule has 3 aromatic rings. The predicted molar refractivity (Wildman–Crippen MR) is 142 cm³/mol. The molecular formula is C29H33N5O3. The summed E-state index contributed by atoms with van der Waals surface area (Å²) >= 11 is 0. The Morgan fingerprint density at radius 2 is 1.70 bits per heavy atom. The summed E-state index contributed by atoms with van der Waals surface area (Å²) in [5.41, 5.74) is 0.725. The Balaban J connectivity index is 1.15. The van der Waals surface area contributed by atoms with E-state index in [2.05, 4.69) is 20.6 Å². The molecular weight excluding hydrogens is 466 g/mol. The molecule has 1 saturated heterocycles. The van der Waals surface area contributed by atoms with Crippen molar-refractivity contribution in [3.8, 4) is 11.6 Å². The summed E-state index contributed by atoms with van der Waals surface area (Å²) in [6, 6.07) is 13.2. The number of carbonyl (C=O) groups excluding carboxylic acids is 2. The Labute approximate surface area is 216 Å². The lowest BCUT2D eigenvalue weighted by atomic mass is 9.85. The smallest absolute Gasteiger partial charge is 0.319 e. The monoisotopic (exact) mass is 499 g/mol. The van der Waals surface area contributed by atoms with Gasteiger partial charge in [0, 0.05) is 42.2 Å². The second kappa shape index (κ2) is 10.4. The Bertz CT molecular complexity index is 1300. The van der Waals surface area contributed by atoms with Gasteiger partial charge in [-0.3, -0.25) is 4.79 Å². The highest BCUT2D eigenvalue weighted by Gasteiger charge is 2.43.